The summed E-state index contributed by atoms with van der Waals surface area (Å²) in [4.78, 5) is 0. The Bertz CT molecular complexity index is 357. The third-order valence-electron chi connectivity index (χ3n) is 4.05. The van der Waals surface area contributed by atoms with Crippen LogP contribution < -0.4 is 5.73 Å². The van der Waals surface area contributed by atoms with Crippen molar-refractivity contribution in [1.82, 2.24) is 0 Å². The molecule has 2 N–H and O–H groups in total. The molecule has 102 valence electrons. The average molecular weight is 249 g/mol. The fourth-order valence-corrected chi connectivity index (χ4v) is 2.05. The molecule has 2 heteroatoms. The highest BCUT2D eigenvalue weighted by Gasteiger charge is 2.29. The van der Waals surface area contributed by atoms with Gasteiger partial charge in [-0.3, -0.25) is 0 Å². The zero-order valence-corrected chi connectivity index (χ0v) is 12.4. The molecule has 0 aliphatic rings. The third kappa shape index (κ3) is 3.82. The Kier molecular flexibility index (Phi) is 4.94. The average Bonchev–Trinajstić information content (AvgIpc) is 2.37. The van der Waals surface area contributed by atoms with Gasteiger partial charge in [0.1, 0.15) is 0 Å². The molecular weight excluding hydrogens is 222 g/mol. The van der Waals surface area contributed by atoms with Crippen molar-refractivity contribution >= 4 is 0 Å². The van der Waals surface area contributed by atoms with Crippen molar-refractivity contribution in [2.75, 3.05) is 7.11 Å². The molecule has 0 aliphatic carbocycles. The summed E-state index contributed by atoms with van der Waals surface area (Å²) in [6.45, 7) is 8.64. The molecule has 1 aromatic carbocycles. The number of hydrogen-bond donors (Lipinski definition) is 1. The second-order valence-electron chi connectivity index (χ2n) is 6.20. The summed E-state index contributed by atoms with van der Waals surface area (Å²) in [6.07, 6.45) is 1.93. The zero-order chi connectivity index (χ0) is 13.8. The molecule has 0 bridgehead atoms. The molecule has 18 heavy (non-hydrogen) atoms. The van der Waals surface area contributed by atoms with E-state index >= 15 is 0 Å². The van der Waals surface area contributed by atoms with Crippen LogP contribution in [-0.2, 0) is 10.2 Å². The van der Waals surface area contributed by atoms with Crippen molar-refractivity contribution in [1.29, 1.82) is 0 Å². The van der Waals surface area contributed by atoms with Gasteiger partial charge in [0.25, 0.3) is 0 Å². The number of benzene rings is 1. The van der Waals surface area contributed by atoms with Gasteiger partial charge in [-0.15, -0.1) is 0 Å². The largest absolute Gasteiger partial charge is 0.379 e. The van der Waals surface area contributed by atoms with Gasteiger partial charge in [0.2, 0.25) is 0 Å². The Morgan fingerprint density at radius 1 is 1.11 bits per heavy atom. The molecule has 0 saturated carbocycles. The van der Waals surface area contributed by atoms with Crippen molar-refractivity contribution < 1.29 is 4.74 Å². The molecule has 0 heterocycles. The van der Waals surface area contributed by atoms with Crippen LogP contribution in [-0.4, -0.2) is 18.8 Å². The van der Waals surface area contributed by atoms with Gasteiger partial charge in [-0.25, -0.2) is 0 Å². The quantitative estimate of drug-likeness (QED) is 0.837. The second-order valence-corrected chi connectivity index (χ2v) is 6.20. The maximum absolute atomic E-state index is 6.39. The molecule has 0 radical (unpaired) electrons. The lowest BCUT2D eigenvalue weighted by atomic mass is 9.75. The molecule has 0 saturated heterocycles. The highest BCUT2D eigenvalue weighted by atomic mass is 16.5. The Hall–Kier alpha value is -0.860. The lowest BCUT2D eigenvalue weighted by molar-refractivity contribution is 0.0111. The van der Waals surface area contributed by atoms with E-state index < -0.39 is 0 Å². The molecule has 0 amide bonds. The first-order chi connectivity index (χ1) is 8.29. The lowest BCUT2D eigenvalue weighted by Crippen LogP contribution is -2.42. The van der Waals surface area contributed by atoms with Crippen LogP contribution in [0.25, 0.3) is 0 Å². The third-order valence-corrected chi connectivity index (χ3v) is 4.05. The van der Waals surface area contributed by atoms with Gasteiger partial charge in [-0.2, -0.15) is 0 Å². The fourth-order valence-electron chi connectivity index (χ4n) is 2.05. The SMILES string of the molecule is COC(C)(C)CCC(N)C(C)(C)c1ccccc1. The summed E-state index contributed by atoms with van der Waals surface area (Å²) >= 11 is 0. The fraction of sp³-hybridized carbons (Fsp3) is 0.625. The Morgan fingerprint density at radius 2 is 1.67 bits per heavy atom. The van der Waals surface area contributed by atoms with Gasteiger partial charge in [0.05, 0.1) is 5.60 Å². The van der Waals surface area contributed by atoms with Crippen LogP contribution in [0.3, 0.4) is 0 Å². The molecule has 1 atom stereocenters. The highest BCUT2D eigenvalue weighted by molar-refractivity contribution is 5.25. The molecular formula is C16H27NO. The van der Waals surface area contributed by atoms with Gasteiger partial charge in [0, 0.05) is 18.6 Å². The second kappa shape index (κ2) is 5.85. The first kappa shape index (κ1) is 15.2. The first-order valence-electron chi connectivity index (χ1n) is 6.66. The number of hydrogen-bond acceptors (Lipinski definition) is 2. The minimum absolute atomic E-state index is 0.00885. The van der Waals surface area contributed by atoms with Crippen LogP contribution in [0.1, 0.15) is 46.1 Å². The standard InChI is InChI=1S/C16H27NO/c1-15(2,18-5)12-11-14(17)16(3,4)13-9-7-6-8-10-13/h6-10,14H,11-12,17H2,1-5H3. The predicted octanol–water partition coefficient (Wildman–Crippen LogP) is 3.50. The predicted molar refractivity (Wildman–Crippen MR) is 77.8 cm³/mol. The topological polar surface area (TPSA) is 35.2 Å². The van der Waals surface area contributed by atoms with Crippen molar-refractivity contribution in [3.8, 4) is 0 Å². The van der Waals surface area contributed by atoms with Crippen LogP contribution >= 0.6 is 0 Å². The number of ether oxygens (including phenoxy) is 1. The normalized spacial score (nSPS) is 14.6. The van der Waals surface area contributed by atoms with Crippen LogP contribution in [0.5, 0.6) is 0 Å². The Morgan fingerprint density at radius 3 is 2.17 bits per heavy atom. The van der Waals surface area contributed by atoms with E-state index in [1.807, 2.05) is 6.07 Å². The van der Waals surface area contributed by atoms with Gasteiger partial charge in [-0.1, -0.05) is 44.2 Å². The van der Waals surface area contributed by atoms with E-state index in [0.717, 1.165) is 12.8 Å². The van der Waals surface area contributed by atoms with E-state index in [2.05, 4.69) is 52.0 Å². The summed E-state index contributed by atoms with van der Waals surface area (Å²) in [6, 6.07) is 10.6. The maximum Gasteiger partial charge on any atom is 0.0623 e. The van der Waals surface area contributed by atoms with Crippen molar-refractivity contribution in [2.45, 2.75) is 57.6 Å². The van der Waals surface area contributed by atoms with E-state index in [9.17, 15) is 0 Å². The van der Waals surface area contributed by atoms with Gasteiger partial charge >= 0.3 is 0 Å². The monoisotopic (exact) mass is 249 g/mol. The molecule has 2 nitrogen and oxygen atoms in total. The molecule has 1 rings (SSSR count). The molecule has 0 fully saturated rings. The number of methoxy groups -OCH3 is 1. The maximum atomic E-state index is 6.39. The number of nitrogens with two attached hydrogens (primary N) is 1. The van der Waals surface area contributed by atoms with E-state index in [1.165, 1.54) is 5.56 Å². The Balaban J connectivity index is 2.69. The Labute approximate surface area is 112 Å². The van der Waals surface area contributed by atoms with Gasteiger partial charge < -0.3 is 10.5 Å². The molecule has 0 aromatic heterocycles. The van der Waals surface area contributed by atoms with Crippen molar-refractivity contribution in [2.24, 2.45) is 5.73 Å². The van der Waals surface area contributed by atoms with E-state index in [0.29, 0.717) is 0 Å². The molecule has 0 aliphatic heterocycles. The molecule has 1 aromatic rings. The van der Waals surface area contributed by atoms with E-state index in [-0.39, 0.29) is 17.1 Å². The zero-order valence-electron chi connectivity index (χ0n) is 12.4. The lowest BCUT2D eigenvalue weighted by Gasteiger charge is -2.34. The highest BCUT2D eigenvalue weighted by Crippen LogP contribution is 2.29. The molecule has 1 unspecified atom stereocenters. The van der Waals surface area contributed by atoms with Crippen LogP contribution in [0, 0.1) is 0 Å². The minimum Gasteiger partial charge on any atom is -0.379 e. The minimum atomic E-state index is -0.0929. The van der Waals surface area contributed by atoms with Gasteiger partial charge in [-0.05, 0) is 32.3 Å². The smallest absolute Gasteiger partial charge is 0.0623 e. The van der Waals surface area contributed by atoms with Crippen LogP contribution in [0.15, 0.2) is 30.3 Å². The van der Waals surface area contributed by atoms with E-state index in [4.69, 9.17) is 10.5 Å². The number of rotatable bonds is 6. The summed E-state index contributed by atoms with van der Waals surface area (Å²) in [5.74, 6) is 0. The van der Waals surface area contributed by atoms with E-state index in [1.54, 1.807) is 7.11 Å². The summed E-state index contributed by atoms with van der Waals surface area (Å²) in [7, 11) is 1.76. The van der Waals surface area contributed by atoms with Crippen LogP contribution in [0.4, 0.5) is 0 Å². The summed E-state index contributed by atoms with van der Waals surface area (Å²) in [5, 5.41) is 0. The summed E-state index contributed by atoms with van der Waals surface area (Å²) in [5.41, 5.74) is 7.59. The van der Waals surface area contributed by atoms with Crippen molar-refractivity contribution in [3.05, 3.63) is 35.9 Å². The van der Waals surface area contributed by atoms with Crippen LogP contribution in [0.2, 0.25) is 0 Å². The molecule has 0 spiro atoms. The summed E-state index contributed by atoms with van der Waals surface area (Å²) < 4.78 is 5.45. The van der Waals surface area contributed by atoms with Gasteiger partial charge in [0.15, 0.2) is 0 Å². The van der Waals surface area contributed by atoms with Crippen molar-refractivity contribution in [3.63, 3.8) is 0 Å². The first-order valence-corrected chi connectivity index (χ1v) is 6.66.